The number of hydrogen-bond donors (Lipinski definition) is 2. The number of nitrogens with zero attached hydrogens (tertiary/aromatic N) is 4. The second-order valence-corrected chi connectivity index (χ2v) is 9.55. The lowest BCUT2D eigenvalue weighted by molar-refractivity contribution is -0.143. The van der Waals surface area contributed by atoms with Crippen molar-refractivity contribution < 1.29 is 19.4 Å². The number of nitrogens with one attached hydrogen (secondary N) is 1. The fraction of sp³-hybridized carbons (Fsp3) is 0.455. The summed E-state index contributed by atoms with van der Waals surface area (Å²) in [7, 11) is 0. The van der Waals surface area contributed by atoms with Crippen molar-refractivity contribution in [1.29, 1.82) is 0 Å². The molecule has 2 fully saturated rings. The number of anilines is 1. The number of thiazole rings is 1. The zero-order valence-corrected chi connectivity index (χ0v) is 18.6. The Morgan fingerprint density at radius 3 is 3.00 bits per heavy atom. The minimum absolute atomic E-state index is 0.215. The van der Waals surface area contributed by atoms with E-state index in [1.807, 2.05) is 30.0 Å². The SMILES string of the molecule is Cc1nc2c([nH]1)CN(C(=O)[C@@]13COC[C@@H]1CN(c1nc4ccccc4s1)C3)CC2.O=CO. The zero-order valence-electron chi connectivity index (χ0n) is 17.8. The van der Waals surface area contributed by atoms with E-state index < -0.39 is 5.41 Å². The minimum atomic E-state index is -0.468. The van der Waals surface area contributed by atoms with E-state index in [1.54, 1.807) is 11.3 Å². The summed E-state index contributed by atoms with van der Waals surface area (Å²) in [6, 6.07) is 8.22. The van der Waals surface area contributed by atoms with E-state index in [1.165, 1.54) is 4.70 Å². The Morgan fingerprint density at radius 1 is 1.38 bits per heavy atom. The van der Waals surface area contributed by atoms with E-state index in [-0.39, 0.29) is 18.3 Å². The number of carboxylic acid groups (broad SMARTS) is 1. The summed E-state index contributed by atoms with van der Waals surface area (Å²) < 4.78 is 7.02. The molecule has 10 heteroatoms. The number of imidazole rings is 1. The Morgan fingerprint density at radius 2 is 2.19 bits per heavy atom. The molecule has 3 aromatic rings. The normalized spacial score (nSPS) is 24.1. The number of para-hydroxylation sites is 1. The lowest BCUT2D eigenvalue weighted by Crippen LogP contribution is -2.50. The molecule has 2 N–H and O–H groups in total. The van der Waals surface area contributed by atoms with Gasteiger partial charge in [-0.15, -0.1) is 0 Å². The smallest absolute Gasteiger partial charge is 0.290 e. The molecule has 2 aromatic heterocycles. The summed E-state index contributed by atoms with van der Waals surface area (Å²) in [6.07, 6.45) is 0.814. The number of hydrogen-bond acceptors (Lipinski definition) is 7. The lowest BCUT2D eigenvalue weighted by atomic mass is 9.79. The first-order chi connectivity index (χ1) is 15.5. The molecule has 6 rings (SSSR count). The molecule has 2 atom stereocenters. The Balaban J connectivity index is 0.000000684. The van der Waals surface area contributed by atoms with Crippen LogP contribution in [0.5, 0.6) is 0 Å². The van der Waals surface area contributed by atoms with E-state index in [0.717, 1.165) is 47.4 Å². The summed E-state index contributed by atoms with van der Waals surface area (Å²) >= 11 is 1.71. The van der Waals surface area contributed by atoms with Crippen LogP contribution in [0.3, 0.4) is 0 Å². The van der Waals surface area contributed by atoms with Gasteiger partial charge in [0.15, 0.2) is 5.13 Å². The maximum atomic E-state index is 13.7. The van der Waals surface area contributed by atoms with Gasteiger partial charge in [0.1, 0.15) is 5.82 Å². The molecule has 1 amide bonds. The second-order valence-electron chi connectivity index (χ2n) is 8.54. The van der Waals surface area contributed by atoms with Gasteiger partial charge in [0.25, 0.3) is 6.47 Å². The number of benzene rings is 1. The predicted molar refractivity (Wildman–Crippen MR) is 120 cm³/mol. The fourth-order valence-electron chi connectivity index (χ4n) is 5.10. The number of aryl methyl sites for hydroxylation is 1. The molecule has 5 heterocycles. The number of aromatic nitrogens is 3. The number of aromatic amines is 1. The number of carbonyl (C=O) groups is 2. The van der Waals surface area contributed by atoms with Crippen LogP contribution in [0.25, 0.3) is 10.2 Å². The lowest BCUT2D eigenvalue weighted by Gasteiger charge is -2.35. The second kappa shape index (κ2) is 8.18. The molecule has 0 saturated carbocycles. The highest BCUT2D eigenvalue weighted by Gasteiger charge is 2.57. The molecule has 168 valence electrons. The highest BCUT2D eigenvalue weighted by atomic mass is 32.1. The summed E-state index contributed by atoms with van der Waals surface area (Å²) in [5.74, 6) is 1.36. The summed E-state index contributed by atoms with van der Waals surface area (Å²) in [5.41, 5.74) is 2.74. The van der Waals surface area contributed by atoms with Crippen molar-refractivity contribution >= 4 is 39.1 Å². The number of ether oxygens (including phenoxy) is 1. The highest BCUT2D eigenvalue weighted by molar-refractivity contribution is 7.22. The molecule has 0 spiro atoms. The number of H-pyrrole nitrogens is 1. The van der Waals surface area contributed by atoms with E-state index >= 15 is 0 Å². The first-order valence-electron chi connectivity index (χ1n) is 10.6. The van der Waals surface area contributed by atoms with Crippen LogP contribution in [0.4, 0.5) is 5.13 Å². The van der Waals surface area contributed by atoms with Crippen molar-refractivity contribution in [3.63, 3.8) is 0 Å². The van der Waals surface area contributed by atoms with Crippen LogP contribution >= 0.6 is 11.3 Å². The average molecular weight is 456 g/mol. The van der Waals surface area contributed by atoms with Gasteiger partial charge in [0.05, 0.1) is 46.8 Å². The first kappa shape index (κ1) is 20.9. The van der Waals surface area contributed by atoms with Crippen molar-refractivity contribution in [2.24, 2.45) is 11.3 Å². The Hall–Kier alpha value is -2.98. The molecule has 0 aliphatic carbocycles. The van der Waals surface area contributed by atoms with Crippen molar-refractivity contribution in [3.8, 4) is 0 Å². The summed E-state index contributed by atoms with van der Waals surface area (Å²) in [5, 5.41) is 7.90. The predicted octanol–water partition coefficient (Wildman–Crippen LogP) is 2.07. The molecule has 32 heavy (non-hydrogen) atoms. The first-order valence-corrected chi connectivity index (χ1v) is 11.5. The maximum Gasteiger partial charge on any atom is 0.290 e. The fourth-order valence-corrected chi connectivity index (χ4v) is 6.08. The molecular formula is C22H25N5O4S. The van der Waals surface area contributed by atoms with Crippen molar-refractivity contribution in [3.05, 3.63) is 41.5 Å². The van der Waals surface area contributed by atoms with Crippen LogP contribution in [0.1, 0.15) is 17.2 Å². The topological polar surface area (TPSA) is 112 Å². The van der Waals surface area contributed by atoms with Gasteiger partial charge in [-0.1, -0.05) is 23.5 Å². The van der Waals surface area contributed by atoms with E-state index in [0.29, 0.717) is 26.3 Å². The molecular weight excluding hydrogens is 430 g/mol. The summed E-state index contributed by atoms with van der Waals surface area (Å²) in [4.78, 5) is 39.1. The Kier molecular flexibility index (Phi) is 5.34. The van der Waals surface area contributed by atoms with Crippen molar-refractivity contribution in [2.75, 3.05) is 37.7 Å². The molecule has 0 unspecified atom stereocenters. The van der Waals surface area contributed by atoms with Crippen LogP contribution in [0.2, 0.25) is 0 Å². The van der Waals surface area contributed by atoms with Gasteiger partial charge in [-0.3, -0.25) is 9.59 Å². The molecule has 1 aromatic carbocycles. The zero-order chi connectivity index (χ0) is 22.3. The van der Waals surface area contributed by atoms with Gasteiger partial charge < -0.3 is 24.6 Å². The minimum Gasteiger partial charge on any atom is -0.483 e. The highest BCUT2D eigenvalue weighted by Crippen LogP contribution is 2.46. The molecule has 0 bridgehead atoms. The van der Waals surface area contributed by atoms with Gasteiger partial charge in [-0.2, -0.15) is 0 Å². The molecule has 2 saturated heterocycles. The average Bonchev–Trinajstić information content (AvgIpc) is 3.53. The third-order valence-electron chi connectivity index (χ3n) is 6.59. The Labute approximate surface area is 189 Å². The summed E-state index contributed by atoms with van der Waals surface area (Å²) in [6.45, 7) is 5.72. The number of rotatable bonds is 2. The third-order valence-corrected chi connectivity index (χ3v) is 7.69. The van der Waals surface area contributed by atoms with Crippen molar-refractivity contribution in [2.45, 2.75) is 19.9 Å². The molecule has 9 nitrogen and oxygen atoms in total. The van der Waals surface area contributed by atoms with Gasteiger partial charge >= 0.3 is 0 Å². The van der Waals surface area contributed by atoms with Crippen LogP contribution in [0, 0.1) is 18.3 Å². The third kappa shape index (κ3) is 3.43. The van der Waals surface area contributed by atoms with Crippen LogP contribution < -0.4 is 4.90 Å². The van der Waals surface area contributed by atoms with E-state index in [9.17, 15) is 4.79 Å². The number of fused-ring (bicyclic) bond motifs is 3. The van der Waals surface area contributed by atoms with Gasteiger partial charge in [0.2, 0.25) is 5.91 Å². The van der Waals surface area contributed by atoms with Gasteiger partial charge in [0, 0.05) is 32.0 Å². The number of carbonyl (C=O) groups excluding carboxylic acids is 1. The molecule has 0 radical (unpaired) electrons. The van der Waals surface area contributed by atoms with Crippen molar-refractivity contribution in [1.82, 2.24) is 19.9 Å². The number of amides is 1. The molecule has 3 aliphatic rings. The van der Waals surface area contributed by atoms with Crippen LogP contribution in [0.15, 0.2) is 24.3 Å². The van der Waals surface area contributed by atoms with E-state index in [4.69, 9.17) is 19.6 Å². The van der Waals surface area contributed by atoms with E-state index in [2.05, 4.69) is 20.9 Å². The van der Waals surface area contributed by atoms with Crippen LogP contribution in [-0.4, -0.2) is 70.2 Å². The quantitative estimate of drug-likeness (QED) is 0.569. The maximum absolute atomic E-state index is 13.7. The largest absolute Gasteiger partial charge is 0.483 e. The van der Waals surface area contributed by atoms with Gasteiger partial charge in [-0.05, 0) is 19.1 Å². The van der Waals surface area contributed by atoms with Gasteiger partial charge in [-0.25, -0.2) is 9.97 Å². The standard InChI is InChI=1S/C21H23N5O2S.CH2O2/c1-13-22-15-6-7-25(9-17(15)23-13)19(27)21-11-26(8-14(21)10-28-12-21)20-24-16-4-2-3-5-18(16)29-20;2-1-3/h2-5,14H,6-12H2,1H3,(H,22,23);1H,(H,2,3)/t14-,21-;/m0./s1. The molecule has 3 aliphatic heterocycles. The Bertz CT molecular complexity index is 1130. The van der Waals surface area contributed by atoms with Crippen LogP contribution in [-0.2, 0) is 27.3 Å². The monoisotopic (exact) mass is 455 g/mol.